The maximum absolute atomic E-state index is 12.0. The number of aryl methyl sites for hydroxylation is 1. The first-order valence-electron chi connectivity index (χ1n) is 7.52. The number of nitrogens with two attached hydrogens (primary N) is 1. The van der Waals surface area contributed by atoms with Crippen LogP contribution in [0.4, 0.5) is 5.82 Å². The maximum atomic E-state index is 12.0. The third-order valence-corrected chi connectivity index (χ3v) is 3.73. The predicted molar refractivity (Wildman–Crippen MR) is 90.1 cm³/mol. The summed E-state index contributed by atoms with van der Waals surface area (Å²) in [7, 11) is 1.61. The van der Waals surface area contributed by atoms with E-state index in [1.807, 2.05) is 31.2 Å². The van der Waals surface area contributed by atoms with Crippen molar-refractivity contribution in [1.82, 2.24) is 14.6 Å². The highest BCUT2D eigenvalue weighted by Gasteiger charge is 2.21. The second kappa shape index (κ2) is 6.19. The van der Waals surface area contributed by atoms with E-state index < -0.39 is 5.97 Å². The van der Waals surface area contributed by atoms with Crippen molar-refractivity contribution in [2.24, 2.45) is 0 Å². The predicted octanol–water partition coefficient (Wildman–Crippen LogP) is 2.47. The Morgan fingerprint density at radius 2 is 2.08 bits per heavy atom. The highest BCUT2D eigenvalue weighted by molar-refractivity contribution is 5.95. The number of esters is 1. The molecule has 3 aromatic rings. The Morgan fingerprint density at radius 1 is 1.33 bits per heavy atom. The minimum Gasteiger partial charge on any atom is -0.496 e. The third kappa shape index (κ3) is 2.44. The molecule has 0 radical (unpaired) electrons. The molecule has 2 N–H and O–H groups in total. The summed E-state index contributed by atoms with van der Waals surface area (Å²) in [5, 5.41) is 4.43. The number of carbonyl (C=O) groups is 1. The van der Waals surface area contributed by atoms with Gasteiger partial charge in [-0.15, -0.1) is 0 Å². The van der Waals surface area contributed by atoms with Gasteiger partial charge in [-0.1, -0.05) is 18.2 Å². The first-order chi connectivity index (χ1) is 11.6. The highest BCUT2D eigenvalue weighted by atomic mass is 16.5. The van der Waals surface area contributed by atoms with Crippen molar-refractivity contribution in [3.05, 3.63) is 41.7 Å². The second-order valence-corrected chi connectivity index (χ2v) is 5.17. The van der Waals surface area contributed by atoms with Gasteiger partial charge in [-0.05, 0) is 19.9 Å². The van der Waals surface area contributed by atoms with Crippen LogP contribution >= 0.6 is 0 Å². The second-order valence-electron chi connectivity index (χ2n) is 5.17. The largest absolute Gasteiger partial charge is 0.496 e. The average molecular weight is 326 g/mol. The van der Waals surface area contributed by atoms with Gasteiger partial charge in [-0.2, -0.15) is 9.61 Å². The third-order valence-electron chi connectivity index (χ3n) is 3.73. The lowest BCUT2D eigenvalue weighted by molar-refractivity contribution is 0.0526. The molecule has 24 heavy (non-hydrogen) atoms. The molecule has 7 nitrogen and oxygen atoms in total. The van der Waals surface area contributed by atoms with Crippen LogP contribution < -0.4 is 10.5 Å². The Bertz CT molecular complexity index is 918. The maximum Gasteiger partial charge on any atom is 0.343 e. The van der Waals surface area contributed by atoms with E-state index in [-0.39, 0.29) is 18.0 Å². The van der Waals surface area contributed by atoms with Crippen LogP contribution in [0.3, 0.4) is 0 Å². The number of aromatic nitrogens is 3. The highest BCUT2D eigenvalue weighted by Crippen LogP contribution is 2.35. The molecule has 0 aliphatic carbocycles. The van der Waals surface area contributed by atoms with E-state index in [4.69, 9.17) is 15.2 Å². The zero-order valence-corrected chi connectivity index (χ0v) is 13.7. The van der Waals surface area contributed by atoms with Crippen LogP contribution in [0.2, 0.25) is 0 Å². The smallest absolute Gasteiger partial charge is 0.343 e. The number of nitrogens with zero attached hydrogens (tertiary/aromatic N) is 3. The number of fused-ring (bicyclic) bond motifs is 1. The van der Waals surface area contributed by atoms with Gasteiger partial charge in [-0.3, -0.25) is 0 Å². The van der Waals surface area contributed by atoms with Gasteiger partial charge >= 0.3 is 5.97 Å². The van der Waals surface area contributed by atoms with Gasteiger partial charge in [-0.25, -0.2) is 9.78 Å². The Morgan fingerprint density at radius 3 is 2.79 bits per heavy atom. The zero-order valence-electron chi connectivity index (χ0n) is 13.7. The molecule has 2 aromatic heterocycles. The number of benzene rings is 1. The van der Waals surface area contributed by atoms with E-state index in [1.165, 1.54) is 10.7 Å². The normalized spacial score (nSPS) is 10.8. The minimum atomic E-state index is -0.517. The number of rotatable bonds is 4. The van der Waals surface area contributed by atoms with E-state index in [2.05, 4.69) is 10.1 Å². The topological polar surface area (TPSA) is 91.7 Å². The lowest BCUT2D eigenvalue weighted by atomic mass is 10.1. The van der Waals surface area contributed by atoms with Gasteiger partial charge < -0.3 is 15.2 Å². The molecule has 2 heterocycles. The fourth-order valence-electron chi connectivity index (χ4n) is 2.64. The molecule has 3 rings (SSSR count). The van der Waals surface area contributed by atoms with Crippen molar-refractivity contribution < 1.29 is 14.3 Å². The van der Waals surface area contributed by atoms with Gasteiger partial charge in [0.15, 0.2) is 5.65 Å². The number of ether oxygens (including phenoxy) is 2. The first kappa shape index (κ1) is 15.8. The Labute approximate surface area is 139 Å². The number of methoxy groups -OCH3 is 1. The summed E-state index contributed by atoms with van der Waals surface area (Å²) < 4.78 is 11.9. The van der Waals surface area contributed by atoms with Gasteiger partial charge in [0.25, 0.3) is 0 Å². The molecule has 0 spiro atoms. The van der Waals surface area contributed by atoms with Gasteiger partial charge in [0.05, 0.1) is 25.0 Å². The minimum absolute atomic E-state index is 0.193. The van der Waals surface area contributed by atoms with Crippen LogP contribution in [-0.2, 0) is 4.74 Å². The van der Waals surface area contributed by atoms with Crippen molar-refractivity contribution in [3.63, 3.8) is 0 Å². The number of hydrogen-bond donors (Lipinski definition) is 1. The van der Waals surface area contributed by atoms with E-state index in [1.54, 1.807) is 14.0 Å². The molecule has 0 aliphatic heterocycles. The summed E-state index contributed by atoms with van der Waals surface area (Å²) in [5.74, 6) is 0.393. The van der Waals surface area contributed by atoms with Crippen LogP contribution in [0.1, 0.15) is 23.0 Å². The van der Waals surface area contributed by atoms with Crippen LogP contribution in [-0.4, -0.2) is 34.3 Å². The molecule has 0 bridgehead atoms. The Balaban J connectivity index is 2.23. The Kier molecular flexibility index (Phi) is 4.07. The molecule has 0 saturated heterocycles. The molecule has 0 fully saturated rings. The van der Waals surface area contributed by atoms with Crippen molar-refractivity contribution in [1.29, 1.82) is 0 Å². The molecule has 124 valence electrons. The summed E-state index contributed by atoms with van der Waals surface area (Å²) in [6.45, 7) is 3.86. The van der Waals surface area contributed by atoms with Crippen LogP contribution in [0.15, 0.2) is 30.5 Å². The van der Waals surface area contributed by atoms with Gasteiger partial charge in [0.1, 0.15) is 17.1 Å². The summed E-state index contributed by atoms with van der Waals surface area (Å²) in [5.41, 5.74) is 9.27. The zero-order chi connectivity index (χ0) is 17.3. The quantitative estimate of drug-likeness (QED) is 0.741. The number of carbonyl (C=O) groups excluding carboxylic acids is 1. The fourth-order valence-corrected chi connectivity index (χ4v) is 2.64. The van der Waals surface area contributed by atoms with E-state index in [0.29, 0.717) is 11.4 Å². The van der Waals surface area contributed by atoms with Crippen LogP contribution in [0, 0.1) is 6.92 Å². The molecule has 7 heteroatoms. The summed E-state index contributed by atoms with van der Waals surface area (Å²) in [6, 6.07) is 7.61. The average Bonchev–Trinajstić information content (AvgIpc) is 2.92. The summed E-state index contributed by atoms with van der Waals surface area (Å²) in [6.07, 6.45) is 1.42. The molecule has 1 aromatic carbocycles. The standard InChI is InChI=1S/C17H18N4O3/c1-4-24-17(22)12-9-19-16-14(10(2)20-21(16)15(12)18)11-7-5-6-8-13(11)23-3/h5-9H,4,18H2,1-3H3. The monoisotopic (exact) mass is 326 g/mol. The number of para-hydroxylation sites is 1. The summed E-state index contributed by atoms with van der Waals surface area (Å²) in [4.78, 5) is 16.3. The van der Waals surface area contributed by atoms with Gasteiger partial charge in [0.2, 0.25) is 0 Å². The molecular weight excluding hydrogens is 308 g/mol. The van der Waals surface area contributed by atoms with Crippen molar-refractivity contribution >= 4 is 17.4 Å². The molecule has 0 aliphatic rings. The molecule has 0 unspecified atom stereocenters. The summed E-state index contributed by atoms with van der Waals surface area (Å²) >= 11 is 0. The number of nitrogen functional groups attached to an aromatic ring is 1. The molecule has 0 amide bonds. The van der Waals surface area contributed by atoms with Crippen molar-refractivity contribution in [3.8, 4) is 16.9 Å². The van der Waals surface area contributed by atoms with Crippen LogP contribution in [0.5, 0.6) is 5.75 Å². The van der Waals surface area contributed by atoms with Crippen molar-refractivity contribution in [2.45, 2.75) is 13.8 Å². The van der Waals surface area contributed by atoms with E-state index in [0.717, 1.165) is 16.8 Å². The fraction of sp³-hybridized carbons (Fsp3) is 0.235. The van der Waals surface area contributed by atoms with Crippen LogP contribution in [0.25, 0.3) is 16.8 Å². The first-order valence-corrected chi connectivity index (χ1v) is 7.52. The molecule has 0 atom stereocenters. The van der Waals surface area contributed by atoms with Crippen molar-refractivity contribution in [2.75, 3.05) is 19.5 Å². The van der Waals surface area contributed by atoms with E-state index in [9.17, 15) is 4.79 Å². The lowest BCUT2D eigenvalue weighted by Crippen LogP contribution is -2.12. The van der Waals surface area contributed by atoms with Gasteiger partial charge in [0, 0.05) is 11.8 Å². The number of anilines is 1. The molecule has 0 saturated carbocycles. The lowest BCUT2D eigenvalue weighted by Gasteiger charge is -2.09. The number of hydrogen-bond acceptors (Lipinski definition) is 6. The van der Waals surface area contributed by atoms with E-state index >= 15 is 0 Å². The SMILES string of the molecule is CCOC(=O)c1cnc2c(-c3ccccc3OC)c(C)nn2c1N. The molecular formula is C17H18N4O3. The Hall–Kier alpha value is -3.09.